The van der Waals surface area contributed by atoms with Crippen LogP contribution in [0.2, 0.25) is 0 Å². The summed E-state index contributed by atoms with van der Waals surface area (Å²) in [5.74, 6) is 0.594. The lowest BCUT2D eigenvalue weighted by Crippen LogP contribution is -2.43. The van der Waals surface area contributed by atoms with Crippen molar-refractivity contribution in [2.24, 2.45) is 5.92 Å². The molecule has 2 rings (SSSR count). The van der Waals surface area contributed by atoms with Crippen LogP contribution in [0.15, 0.2) is 0 Å². The molecule has 0 saturated carbocycles. The van der Waals surface area contributed by atoms with Gasteiger partial charge in [-0.3, -0.25) is 0 Å². The van der Waals surface area contributed by atoms with E-state index in [4.69, 9.17) is 4.74 Å². The molecule has 2 aliphatic rings. The first-order chi connectivity index (χ1) is 10.7. The Bertz CT molecular complexity index is 326. The van der Waals surface area contributed by atoms with Crippen LogP contribution in [0.25, 0.3) is 0 Å². The van der Waals surface area contributed by atoms with Gasteiger partial charge in [-0.15, -0.1) is 0 Å². The maximum absolute atomic E-state index is 12.1. The van der Waals surface area contributed by atoms with E-state index in [0.29, 0.717) is 12.0 Å². The van der Waals surface area contributed by atoms with Crippen molar-refractivity contribution >= 4 is 6.03 Å². The van der Waals surface area contributed by atoms with Crippen LogP contribution < -0.4 is 5.32 Å². The van der Waals surface area contributed by atoms with E-state index in [-0.39, 0.29) is 6.03 Å². The van der Waals surface area contributed by atoms with Gasteiger partial charge in [0.25, 0.3) is 0 Å². The third-order valence-electron chi connectivity index (χ3n) is 5.07. The monoisotopic (exact) mass is 311 g/mol. The van der Waals surface area contributed by atoms with Crippen LogP contribution in [0, 0.1) is 5.92 Å². The Kier molecular flexibility index (Phi) is 7.46. The second-order valence-electron chi connectivity index (χ2n) is 6.90. The van der Waals surface area contributed by atoms with Crippen LogP contribution in [-0.2, 0) is 4.74 Å². The quantitative estimate of drug-likeness (QED) is 0.819. The van der Waals surface area contributed by atoms with Crippen LogP contribution in [-0.4, -0.2) is 68.3 Å². The molecule has 0 bridgehead atoms. The van der Waals surface area contributed by atoms with Crippen molar-refractivity contribution < 1.29 is 9.53 Å². The van der Waals surface area contributed by atoms with Crippen molar-refractivity contribution in [1.29, 1.82) is 0 Å². The molecule has 5 nitrogen and oxygen atoms in total. The van der Waals surface area contributed by atoms with Gasteiger partial charge in [0, 0.05) is 39.4 Å². The number of amides is 2. The number of carbonyl (C=O) groups is 1. The highest BCUT2D eigenvalue weighted by Crippen LogP contribution is 2.16. The van der Waals surface area contributed by atoms with Crippen LogP contribution in [0.4, 0.5) is 4.79 Å². The zero-order valence-electron chi connectivity index (χ0n) is 14.4. The zero-order chi connectivity index (χ0) is 15.8. The van der Waals surface area contributed by atoms with Gasteiger partial charge in [-0.1, -0.05) is 6.42 Å². The maximum atomic E-state index is 12.1. The molecule has 2 fully saturated rings. The van der Waals surface area contributed by atoms with Gasteiger partial charge in [0.2, 0.25) is 0 Å². The van der Waals surface area contributed by atoms with Gasteiger partial charge < -0.3 is 19.9 Å². The number of urea groups is 1. The van der Waals surface area contributed by atoms with Crippen molar-refractivity contribution in [3.05, 3.63) is 0 Å². The molecule has 1 atom stereocenters. The molecule has 22 heavy (non-hydrogen) atoms. The second kappa shape index (κ2) is 9.36. The van der Waals surface area contributed by atoms with Crippen LogP contribution in [0.1, 0.15) is 45.4 Å². The molecule has 0 aromatic heterocycles. The number of likely N-dealkylation sites (tertiary alicyclic amines) is 1. The largest absolute Gasteiger partial charge is 0.381 e. The van der Waals surface area contributed by atoms with E-state index >= 15 is 0 Å². The fourth-order valence-electron chi connectivity index (χ4n) is 3.46. The highest BCUT2D eigenvalue weighted by atomic mass is 16.5. The predicted molar refractivity (Wildman–Crippen MR) is 89.1 cm³/mol. The van der Waals surface area contributed by atoms with Gasteiger partial charge in [-0.2, -0.15) is 0 Å². The van der Waals surface area contributed by atoms with E-state index in [2.05, 4.69) is 17.1 Å². The summed E-state index contributed by atoms with van der Waals surface area (Å²) >= 11 is 0. The zero-order valence-corrected chi connectivity index (χ0v) is 14.4. The minimum absolute atomic E-state index is 0.0670. The van der Waals surface area contributed by atoms with Crippen molar-refractivity contribution in [2.75, 3.05) is 46.4 Å². The summed E-state index contributed by atoms with van der Waals surface area (Å²) in [7, 11) is 1.90. The normalized spacial score (nSPS) is 22.3. The maximum Gasteiger partial charge on any atom is 0.317 e. The first-order valence-electron chi connectivity index (χ1n) is 8.97. The molecule has 0 aliphatic carbocycles. The van der Waals surface area contributed by atoms with Gasteiger partial charge in [-0.05, 0) is 58.0 Å². The summed E-state index contributed by atoms with van der Waals surface area (Å²) < 4.78 is 5.37. The van der Waals surface area contributed by atoms with E-state index in [1.165, 1.54) is 32.4 Å². The molecule has 0 radical (unpaired) electrons. The number of hydrogen-bond donors (Lipinski definition) is 1. The molecule has 0 spiro atoms. The number of ether oxygens (including phenoxy) is 1. The Morgan fingerprint density at radius 1 is 1.27 bits per heavy atom. The van der Waals surface area contributed by atoms with Crippen LogP contribution in [0.5, 0.6) is 0 Å². The summed E-state index contributed by atoms with van der Waals surface area (Å²) in [6, 6.07) is 0.638. The third kappa shape index (κ3) is 5.76. The number of rotatable bonds is 6. The summed E-state index contributed by atoms with van der Waals surface area (Å²) in [6.45, 7) is 8.02. The average Bonchev–Trinajstić information content (AvgIpc) is 2.56. The van der Waals surface area contributed by atoms with Crippen LogP contribution >= 0.6 is 0 Å². The minimum Gasteiger partial charge on any atom is -0.381 e. The number of nitrogens with zero attached hydrogens (tertiary/aromatic N) is 2. The van der Waals surface area contributed by atoms with E-state index in [1.54, 1.807) is 0 Å². The summed E-state index contributed by atoms with van der Waals surface area (Å²) in [5.41, 5.74) is 0. The Labute approximate surface area is 135 Å². The highest BCUT2D eigenvalue weighted by molar-refractivity contribution is 5.73. The molecule has 0 unspecified atom stereocenters. The fourth-order valence-corrected chi connectivity index (χ4v) is 3.46. The van der Waals surface area contributed by atoms with Gasteiger partial charge >= 0.3 is 6.03 Å². The first kappa shape index (κ1) is 17.5. The average molecular weight is 311 g/mol. The second-order valence-corrected chi connectivity index (χ2v) is 6.90. The predicted octanol–water partition coefficient (Wildman–Crippen LogP) is 2.32. The van der Waals surface area contributed by atoms with Gasteiger partial charge in [-0.25, -0.2) is 4.79 Å². The Balaban J connectivity index is 1.59. The number of piperidine rings is 1. The third-order valence-corrected chi connectivity index (χ3v) is 5.07. The Hall–Kier alpha value is -0.810. The lowest BCUT2D eigenvalue weighted by atomic mass is 10.00. The molecule has 2 saturated heterocycles. The summed E-state index contributed by atoms with van der Waals surface area (Å²) in [6.07, 6.45) is 7.20. The molecular weight excluding hydrogens is 278 g/mol. The van der Waals surface area contributed by atoms with Crippen molar-refractivity contribution in [3.63, 3.8) is 0 Å². The van der Waals surface area contributed by atoms with Crippen molar-refractivity contribution in [2.45, 2.75) is 51.5 Å². The van der Waals surface area contributed by atoms with Crippen molar-refractivity contribution in [1.82, 2.24) is 15.1 Å². The van der Waals surface area contributed by atoms with Gasteiger partial charge in [0.05, 0.1) is 0 Å². The number of hydrogen-bond acceptors (Lipinski definition) is 3. The van der Waals surface area contributed by atoms with Gasteiger partial charge in [0.15, 0.2) is 0 Å². The smallest absolute Gasteiger partial charge is 0.317 e. The standard InChI is InChI=1S/C17H33N3O2/c1-15(20-10-4-3-5-11-20)6-9-18-17(21)19(2)14-16-7-12-22-13-8-16/h15-16H,3-14H2,1-2H3,(H,18,21)/t15-/m1/s1. The van der Waals surface area contributed by atoms with Crippen molar-refractivity contribution in [3.8, 4) is 0 Å². The molecule has 128 valence electrons. The number of nitrogens with one attached hydrogen (secondary N) is 1. The lowest BCUT2D eigenvalue weighted by molar-refractivity contribution is 0.0586. The molecule has 2 heterocycles. The Morgan fingerprint density at radius 3 is 2.64 bits per heavy atom. The van der Waals surface area contributed by atoms with E-state index in [9.17, 15) is 4.79 Å². The SMILES string of the molecule is C[C@H](CCNC(=O)N(C)CC1CCOCC1)N1CCCCC1. The van der Waals surface area contributed by atoms with Gasteiger partial charge in [0.1, 0.15) is 0 Å². The molecule has 0 aromatic carbocycles. The topological polar surface area (TPSA) is 44.8 Å². The summed E-state index contributed by atoms with van der Waals surface area (Å²) in [4.78, 5) is 16.5. The fraction of sp³-hybridized carbons (Fsp3) is 0.941. The molecule has 2 aliphatic heterocycles. The first-order valence-corrected chi connectivity index (χ1v) is 8.97. The minimum atomic E-state index is 0.0670. The molecule has 0 aromatic rings. The van der Waals surface area contributed by atoms with Crippen LogP contribution in [0.3, 0.4) is 0 Å². The molecule has 5 heteroatoms. The number of carbonyl (C=O) groups excluding carboxylic acids is 1. The molecular formula is C17H33N3O2. The lowest BCUT2D eigenvalue weighted by Gasteiger charge is -2.32. The highest BCUT2D eigenvalue weighted by Gasteiger charge is 2.19. The Morgan fingerprint density at radius 2 is 1.95 bits per heavy atom. The van der Waals surface area contributed by atoms with E-state index < -0.39 is 0 Å². The molecule has 2 amide bonds. The van der Waals surface area contributed by atoms with E-state index in [0.717, 1.165) is 45.6 Å². The molecule has 1 N–H and O–H groups in total. The van der Waals surface area contributed by atoms with E-state index in [1.807, 2.05) is 11.9 Å². The summed E-state index contributed by atoms with van der Waals surface area (Å²) in [5, 5.41) is 3.07.